The molecule has 0 aliphatic heterocycles. The van der Waals surface area contributed by atoms with Gasteiger partial charge in [-0.15, -0.1) is 0 Å². The number of nitrogens with zero attached hydrogens (tertiary/aromatic N) is 1. The quantitative estimate of drug-likeness (QED) is 0.699. The molecular weight excluding hydrogens is 232 g/mol. The predicted molar refractivity (Wildman–Crippen MR) is 70.2 cm³/mol. The molecule has 1 aromatic heterocycles. The molecule has 0 saturated heterocycles. The third kappa shape index (κ3) is 5.56. The van der Waals surface area contributed by atoms with Gasteiger partial charge >= 0.3 is 6.09 Å². The fourth-order valence-electron chi connectivity index (χ4n) is 1.47. The lowest BCUT2D eigenvalue weighted by Crippen LogP contribution is -2.33. The lowest BCUT2D eigenvalue weighted by molar-refractivity contribution is 0.0527. The largest absolute Gasteiger partial charge is 0.444 e. The van der Waals surface area contributed by atoms with Crippen molar-refractivity contribution >= 4 is 11.9 Å². The Bertz CT molecular complexity index is 382. The third-order valence-electron chi connectivity index (χ3n) is 2.29. The van der Waals surface area contributed by atoms with Gasteiger partial charge in [0.1, 0.15) is 11.4 Å². The fourth-order valence-corrected chi connectivity index (χ4v) is 1.47. The maximum atomic E-state index is 11.3. The number of alkyl carbamates (subject to hydrolysis) is 1. The number of nitrogens with one attached hydrogen (secondary N) is 2. The number of carbonyl (C=O) groups excluding carboxylic acids is 1. The van der Waals surface area contributed by atoms with Crippen LogP contribution < -0.4 is 11.1 Å². The summed E-state index contributed by atoms with van der Waals surface area (Å²) in [5.74, 6) is 0.620. The van der Waals surface area contributed by atoms with Gasteiger partial charge in [0.2, 0.25) is 0 Å². The zero-order chi connectivity index (χ0) is 13.6. The van der Waals surface area contributed by atoms with Gasteiger partial charge in [0.15, 0.2) is 0 Å². The Hall–Kier alpha value is -1.72. The van der Waals surface area contributed by atoms with Crippen molar-refractivity contribution in [3.05, 3.63) is 11.8 Å². The highest BCUT2D eigenvalue weighted by molar-refractivity contribution is 5.67. The van der Waals surface area contributed by atoms with Crippen molar-refractivity contribution in [3.63, 3.8) is 0 Å². The molecule has 102 valence electrons. The second-order valence-electron chi connectivity index (χ2n) is 5.19. The van der Waals surface area contributed by atoms with E-state index in [0.29, 0.717) is 12.4 Å². The smallest absolute Gasteiger partial charge is 0.407 e. The average Bonchev–Trinajstić information content (AvgIpc) is 2.61. The van der Waals surface area contributed by atoms with Gasteiger partial charge in [0.25, 0.3) is 0 Å². The van der Waals surface area contributed by atoms with Crippen LogP contribution in [0.25, 0.3) is 0 Å². The minimum atomic E-state index is -0.449. The maximum absolute atomic E-state index is 11.3. The van der Waals surface area contributed by atoms with Gasteiger partial charge in [-0.05, 0) is 40.0 Å². The normalized spacial score (nSPS) is 11.3. The molecular formula is C12H22N4O2. The van der Waals surface area contributed by atoms with Crippen LogP contribution in [0.3, 0.4) is 0 Å². The molecule has 1 amide bonds. The zero-order valence-corrected chi connectivity index (χ0v) is 11.2. The van der Waals surface area contributed by atoms with Crippen LogP contribution in [0.2, 0.25) is 0 Å². The number of rotatable bonds is 5. The summed E-state index contributed by atoms with van der Waals surface area (Å²) in [4.78, 5) is 11.3. The molecule has 0 spiro atoms. The number of amides is 1. The van der Waals surface area contributed by atoms with Crippen LogP contribution in [-0.4, -0.2) is 28.4 Å². The number of nitrogen functional groups attached to an aromatic ring is 1. The zero-order valence-electron chi connectivity index (χ0n) is 11.2. The van der Waals surface area contributed by atoms with Crippen molar-refractivity contribution in [1.29, 1.82) is 0 Å². The van der Waals surface area contributed by atoms with Gasteiger partial charge in [-0.2, -0.15) is 5.10 Å². The molecule has 4 N–H and O–H groups in total. The number of aryl methyl sites for hydroxylation is 1. The first kappa shape index (κ1) is 14.3. The number of hydrogen-bond acceptors (Lipinski definition) is 4. The van der Waals surface area contributed by atoms with E-state index < -0.39 is 5.60 Å². The van der Waals surface area contributed by atoms with E-state index in [1.807, 2.05) is 20.8 Å². The molecule has 0 atom stereocenters. The van der Waals surface area contributed by atoms with Crippen molar-refractivity contribution in [2.45, 2.75) is 45.6 Å². The standard InChI is InChI=1S/C12H22N4O2/c1-12(2,3)18-11(17)14-7-5-4-6-9-8-15-16-10(9)13/h8H,4-7H2,1-3H3,(H,14,17)(H3,13,15,16). The molecule has 0 fully saturated rings. The number of anilines is 1. The van der Waals surface area contributed by atoms with Gasteiger partial charge < -0.3 is 15.8 Å². The van der Waals surface area contributed by atoms with Crippen LogP contribution in [0.4, 0.5) is 10.6 Å². The molecule has 0 aromatic carbocycles. The highest BCUT2D eigenvalue weighted by atomic mass is 16.6. The first-order valence-corrected chi connectivity index (χ1v) is 6.13. The molecule has 0 saturated carbocycles. The van der Waals surface area contributed by atoms with Crippen LogP contribution in [0.15, 0.2) is 6.20 Å². The topological polar surface area (TPSA) is 93.0 Å². The SMILES string of the molecule is CC(C)(C)OC(=O)NCCCCc1cn[nH]c1N. The van der Waals surface area contributed by atoms with Crippen LogP contribution in [0.1, 0.15) is 39.2 Å². The van der Waals surface area contributed by atoms with Crippen molar-refractivity contribution in [3.8, 4) is 0 Å². The molecule has 0 radical (unpaired) electrons. The summed E-state index contributed by atoms with van der Waals surface area (Å²) in [6.07, 6.45) is 4.04. The number of nitrogens with two attached hydrogens (primary N) is 1. The summed E-state index contributed by atoms with van der Waals surface area (Å²) in [7, 11) is 0. The van der Waals surface area contributed by atoms with E-state index in [-0.39, 0.29) is 6.09 Å². The molecule has 0 aliphatic carbocycles. The number of ether oxygens (including phenoxy) is 1. The molecule has 0 aliphatic rings. The Morgan fingerprint density at radius 1 is 1.50 bits per heavy atom. The van der Waals surface area contributed by atoms with Crippen LogP contribution in [-0.2, 0) is 11.2 Å². The first-order valence-electron chi connectivity index (χ1n) is 6.13. The lowest BCUT2D eigenvalue weighted by atomic mass is 10.1. The lowest BCUT2D eigenvalue weighted by Gasteiger charge is -2.19. The number of hydrogen-bond donors (Lipinski definition) is 3. The van der Waals surface area contributed by atoms with E-state index >= 15 is 0 Å². The minimum absolute atomic E-state index is 0.370. The fraction of sp³-hybridized carbons (Fsp3) is 0.667. The average molecular weight is 254 g/mol. The summed E-state index contributed by atoms with van der Waals surface area (Å²) in [6.45, 7) is 6.13. The molecule has 6 nitrogen and oxygen atoms in total. The van der Waals surface area contributed by atoms with Gasteiger partial charge in [0, 0.05) is 12.1 Å². The number of aromatic amines is 1. The second-order valence-corrected chi connectivity index (χ2v) is 5.19. The van der Waals surface area contributed by atoms with E-state index in [2.05, 4.69) is 15.5 Å². The van der Waals surface area contributed by atoms with Crippen molar-refractivity contribution in [2.75, 3.05) is 12.3 Å². The maximum Gasteiger partial charge on any atom is 0.407 e. The highest BCUT2D eigenvalue weighted by Crippen LogP contribution is 2.10. The number of aromatic nitrogens is 2. The van der Waals surface area contributed by atoms with Crippen molar-refractivity contribution < 1.29 is 9.53 Å². The highest BCUT2D eigenvalue weighted by Gasteiger charge is 2.15. The number of unbranched alkanes of at least 4 members (excludes halogenated alkanes) is 1. The molecule has 0 unspecified atom stereocenters. The van der Waals surface area contributed by atoms with Crippen LogP contribution in [0, 0.1) is 0 Å². The Labute approximate surface area is 107 Å². The van der Waals surface area contributed by atoms with Crippen LogP contribution >= 0.6 is 0 Å². The molecule has 6 heteroatoms. The van der Waals surface area contributed by atoms with Gasteiger partial charge in [0.05, 0.1) is 6.20 Å². The van der Waals surface area contributed by atoms with Crippen molar-refractivity contribution in [2.24, 2.45) is 0 Å². The minimum Gasteiger partial charge on any atom is -0.444 e. The van der Waals surface area contributed by atoms with Crippen LogP contribution in [0.5, 0.6) is 0 Å². The summed E-state index contributed by atoms with van der Waals surface area (Å²) in [6, 6.07) is 0. The Morgan fingerprint density at radius 2 is 2.22 bits per heavy atom. The van der Waals surface area contributed by atoms with E-state index in [0.717, 1.165) is 24.8 Å². The monoisotopic (exact) mass is 254 g/mol. The molecule has 1 aromatic rings. The first-order chi connectivity index (χ1) is 8.38. The summed E-state index contributed by atoms with van der Waals surface area (Å²) < 4.78 is 5.12. The van der Waals surface area contributed by atoms with E-state index in [1.54, 1.807) is 6.20 Å². The number of carbonyl (C=O) groups is 1. The molecule has 1 heterocycles. The Balaban J connectivity index is 2.09. The van der Waals surface area contributed by atoms with Gasteiger partial charge in [-0.1, -0.05) is 0 Å². The number of H-pyrrole nitrogens is 1. The molecule has 18 heavy (non-hydrogen) atoms. The summed E-state index contributed by atoms with van der Waals surface area (Å²) in [5, 5.41) is 9.26. The Kier molecular flexibility index (Phi) is 5.00. The van der Waals surface area contributed by atoms with E-state index in [4.69, 9.17) is 10.5 Å². The summed E-state index contributed by atoms with van der Waals surface area (Å²) in [5.41, 5.74) is 6.24. The molecule has 1 rings (SSSR count). The van der Waals surface area contributed by atoms with Gasteiger partial charge in [-0.3, -0.25) is 5.10 Å². The molecule has 0 bridgehead atoms. The van der Waals surface area contributed by atoms with E-state index in [9.17, 15) is 4.79 Å². The van der Waals surface area contributed by atoms with Crippen molar-refractivity contribution in [1.82, 2.24) is 15.5 Å². The van der Waals surface area contributed by atoms with E-state index in [1.165, 1.54) is 0 Å². The second kappa shape index (κ2) is 6.28. The van der Waals surface area contributed by atoms with Gasteiger partial charge in [-0.25, -0.2) is 4.79 Å². The third-order valence-corrected chi connectivity index (χ3v) is 2.29. The predicted octanol–water partition coefficient (Wildman–Crippen LogP) is 1.84. The summed E-state index contributed by atoms with van der Waals surface area (Å²) >= 11 is 0. The Morgan fingerprint density at radius 3 is 2.78 bits per heavy atom.